The number of nitrogens with zero attached hydrogens (tertiary/aromatic N) is 3. The summed E-state index contributed by atoms with van der Waals surface area (Å²) < 4.78 is 25.3. The Labute approximate surface area is 224 Å². The fraction of sp³-hybridized carbons (Fsp3) is 0.296. The summed E-state index contributed by atoms with van der Waals surface area (Å²) in [5.41, 5.74) is 1.85. The molecule has 9 nitrogen and oxygen atoms in total. The highest BCUT2D eigenvalue weighted by molar-refractivity contribution is 6.31. The number of pyridine rings is 1. The van der Waals surface area contributed by atoms with Crippen LogP contribution >= 0.6 is 11.6 Å². The Morgan fingerprint density at radius 2 is 2.24 bits per heavy atom. The zero-order valence-electron chi connectivity index (χ0n) is 20.9. The van der Waals surface area contributed by atoms with Crippen LogP contribution in [-0.2, 0) is 9.53 Å². The van der Waals surface area contributed by atoms with Gasteiger partial charge in [0.25, 0.3) is 0 Å². The number of nitriles is 1. The van der Waals surface area contributed by atoms with E-state index in [-0.39, 0.29) is 16.7 Å². The van der Waals surface area contributed by atoms with Crippen LogP contribution in [0.15, 0.2) is 48.7 Å². The first-order valence-corrected chi connectivity index (χ1v) is 12.3. The van der Waals surface area contributed by atoms with Crippen molar-refractivity contribution in [3.63, 3.8) is 0 Å². The van der Waals surface area contributed by atoms with Crippen molar-refractivity contribution < 1.29 is 23.8 Å². The zero-order valence-corrected chi connectivity index (χ0v) is 21.6. The maximum atomic E-state index is 13.7. The average molecular weight is 540 g/mol. The standard InChI is InChI=1S/C27H27ClFN5O4/c1-16(35)34(2)10-3-4-24(36)33-27-23(38-19-9-11-37-15-19)8-6-20-25(17(13-30)14-31-26(20)27)32-18-5-7-22(29)21(28)12-18/h3-8,12,14,16,19,35H,9-11,15H2,1-2H3,(H,31,32)(H,33,36)/b4-3+/t16-,19-/m0/s1. The molecule has 198 valence electrons. The average Bonchev–Trinajstić information content (AvgIpc) is 3.40. The van der Waals surface area contributed by atoms with Crippen molar-refractivity contribution in [2.24, 2.45) is 0 Å². The zero-order chi connectivity index (χ0) is 27.2. The molecular formula is C27H27ClFN5O4. The van der Waals surface area contributed by atoms with Gasteiger partial charge in [0.15, 0.2) is 0 Å². The highest BCUT2D eigenvalue weighted by atomic mass is 35.5. The van der Waals surface area contributed by atoms with Crippen LogP contribution in [0.25, 0.3) is 10.9 Å². The van der Waals surface area contributed by atoms with Crippen molar-refractivity contribution >= 4 is 45.5 Å². The molecule has 0 radical (unpaired) electrons. The predicted octanol–water partition coefficient (Wildman–Crippen LogP) is 4.58. The molecular weight excluding hydrogens is 513 g/mol. The third kappa shape index (κ3) is 6.38. The van der Waals surface area contributed by atoms with E-state index in [0.717, 1.165) is 0 Å². The van der Waals surface area contributed by atoms with E-state index in [1.165, 1.54) is 30.5 Å². The number of carbonyl (C=O) groups excluding carboxylic acids is 1. The Bertz CT molecular complexity index is 1400. The van der Waals surface area contributed by atoms with Gasteiger partial charge in [0.05, 0.1) is 35.0 Å². The first-order valence-electron chi connectivity index (χ1n) is 11.9. The predicted molar refractivity (Wildman–Crippen MR) is 143 cm³/mol. The summed E-state index contributed by atoms with van der Waals surface area (Å²) in [7, 11) is 1.73. The smallest absolute Gasteiger partial charge is 0.248 e. The van der Waals surface area contributed by atoms with Crippen LogP contribution < -0.4 is 15.4 Å². The Morgan fingerprint density at radius 3 is 2.92 bits per heavy atom. The molecule has 0 unspecified atom stereocenters. The molecule has 2 heterocycles. The minimum absolute atomic E-state index is 0.0673. The van der Waals surface area contributed by atoms with Gasteiger partial charge in [-0.1, -0.05) is 17.7 Å². The molecule has 38 heavy (non-hydrogen) atoms. The minimum Gasteiger partial charge on any atom is -0.486 e. The number of benzene rings is 2. The van der Waals surface area contributed by atoms with Crippen LogP contribution in [0, 0.1) is 17.1 Å². The SMILES string of the molecule is C[C@H](O)N(C)C/C=C/C(=O)Nc1c(O[C@H]2CCOC2)ccc2c(Nc3ccc(F)c(Cl)c3)c(C#N)cnc12. The molecule has 1 saturated heterocycles. The number of carbonyl (C=O) groups is 1. The molecule has 0 aliphatic carbocycles. The summed E-state index contributed by atoms with van der Waals surface area (Å²) in [6, 6.07) is 9.70. The van der Waals surface area contributed by atoms with Crippen molar-refractivity contribution in [2.75, 3.05) is 37.4 Å². The van der Waals surface area contributed by atoms with Crippen molar-refractivity contribution in [3.8, 4) is 11.8 Å². The molecule has 3 aromatic rings. The van der Waals surface area contributed by atoms with E-state index in [0.29, 0.717) is 59.9 Å². The first-order chi connectivity index (χ1) is 18.3. The van der Waals surface area contributed by atoms with Crippen molar-refractivity contribution in [3.05, 3.63) is 65.1 Å². The summed E-state index contributed by atoms with van der Waals surface area (Å²) in [5, 5.41) is 25.8. The number of hydrogen-bond acceptors (Lipinski definition) is 8. The van der Waals surface area contributed by atoms with Gasteiger partial charge in [-0.2, -0.15) is 5.26 Å². The Balaban J connectivity index is 1.74. The summed E-state index contributed by atoms with van der Waals surface area (Å²) in [5.74, 6) is -0.577. The van der Waals surface area contributed by atoms with Gasteiger partial charge < -0.3 is 25.2 Å². The summed E-state index contributed by atoms with van der Waals surface area (Å²) in [6.07, 6.45) is 4.25. The summed E-state index contributed by atoms with van der Waals surface area (Å²) >= 11 is 5.94. The lowest BCUT2D eigenvalue weighted by Gasteiger charge is -2.19. The normalized spacial score (nSPS) is 16.1. The van der Waals surface area contributed by atoms with Gasteiger partial charge in [-0.05, 0) is 44.3 Å². The van der Waals surface area contributed by atoms with Gasteiger partial charge in [-0.3, -0.25) is 14.7 Å². The lowest BCUT2D eigenvalue weighted by atomic mass is 10.1. The Kier molecular flexibility index (Phi) is 8.76. The van der Waals surface area contributed by atoms with Gasteiger partial charge in [0.1, 0.15) is 35.7 Å². The molecule has 3 N–H and O–H groups in total. The van der Waals surface area contributed by atoms with Crippen LogP contribution in [-0.4, -0.2) is 60.0 Å². The molecule has 1 aromatic heterocycles. The third-order valence-corrected chi connectivity index (χ3v) is 6.33. The van der Waals surface area contributed by atoms with Gasteiger partial charge in [0.2, 0.25) is 5.91 Å². The molecule has 1 aliphatic rings. The van der Waals surface area contributed by atoms with E-state index >= 15 is 0 Å². The Morgan fingerprint density at radius 1 is 1.42 bits per heavy atom. The molecule has 2 atom stereocenters. The molecule has 2 aromatic carbocycles. The molecule has 1 aliphatic heterocycles. The van der Waals surface area contributed by atoms with Crippen molar-refractivity contribution in [1.82, 2.24) is 9.88 Å². The van der Waals surface area contributed by atoms with Crippen LogP contribution in [0.3, 0.4) is 0 Å². The molecule has 11 heteroatoms. The van der Waals surface area contributed by atoms with Crippen molar-refractivity contribution in [2.45, 2.75) is 25.7 Å². The van der Waals surface area contributed by atoms with E-state index in [2.05, 4.69) is 21.7 Å². The number of likely N-dealkylation sites (N-methyl/N-ethyl adjacent to an activating group) is 1. The van der Waals surface area contributed by atoms with Crippen LogP contribution in [0.4, 0.5) is 21.5 Å². The van der Waals surface area contributed by atoms with Crippen LogP contribution in [0.5, 0.6) is 5.75 Å². The number of nitrogens with one attached hydrogen (secondary N) is 2. The second-order valence-electron chi connectivity index (χ2n) is 8.81. The number of fused-ring (bicyclic) bond motifs is 1. The monoisotopic (exact) mass is 539 g/mol. The van der Waals surface area contributed by atoms with Gasteiger partial charge in [-0.25, -0.2) is 4.39 Å². The van der Waals surface area contributed by atoms with E-state index in [4.69, 9.17) is 21.1 Å². The number of ether oxygens (including phenoxy) is 2. The lowest BCUT2D eigenvalue weighted by Crippen LogP contribution is -2.28. The molecule has 0 bridgehead atoms. The minimum atomic E-state index is -0.658. The Hall–Kier alpha value is -3.75. The number of rotatable bonds is 9. The summed E-state index contributed by atoms with van der Waals surface area (Å²) in [6.45, 7) is 3.00. The van der Waals surface area contributed by atoms with Crippen LogP contribution in [0.1, 0.15) is 18.9 Å². The molecule has 1 amide bonds. The second kappa shape index (κ2) is 12.2. The van der Waals surface area contributed by atoms with E-state index in [1.807, 2.05) is 0 Å². The third-order valence-electron chi connectivity index (χ3n) is 6.04. The molecule has 0 spiro atoms. The number of aliphatic hydroxyl groups excluding tert-OH is 1. The highest BCUT2D eigenvalue weighted by Gasteiger charge is 2.22. The number of hydrogen-bond donors (Lipinski definition) is 3. The fourth-order valence-electron chi connectivity index (χ4n) is 3.83. The van der Waals surface area contributed by atoms with E-state index < -0.39 is 18.0 Å². The van der Waals surface area contributed by atoms with Gasteiger partial charge in [-0.15, -0.1) is 0 Å². The van der Waals surface area contributed by atoms with Crippen LogP contribution in [0.2, 0.25) is 5.02 Å². The quantitative estimate of drug-likeness (QED) is 0.267. The van der Waals surface area contributed by atoms with E-state index in [1.54, 1.807) is 37.1 Å². The van der Waals surface area contributed by atoms with E-state index in [9.17, 15) is 19.6 Å². The maximum Gasteiger partial charge on any atom is 0.248 e. The lowest BCUT2D eigenvalue weighted by molar-refractivity contribution is -0.112. The fourth-order valence-corrected chi connectivity index (χ4v) is 4.01. The number of halogens is 2. The van der Waals surface area contributed by atoms with Gasteiger partial charge in [0, 0.05) is 36.3 Å². The topological polar surface area (TPSA) is 120 Å². The number of anilines is 3. The molecule has 4 rings (SSSR count). The second-order valence-corrected chi connectivity index (χ2v) is 9.22. The largest absolute Gasteiger partial charge is 0.486 e. The van der Waals surface area contributed by atoms with Gasteiger partial charge >= 0.3 is 0 Å². The summed E-state index contributed by atoms with van der Waals surface area (Å²) in [4.78, 5) is 19.0. The first kappa shape index (κ1) is 27.3. The maximum absolute atomic E-state index is 13.7. The molecule has 0 saturated carbocycles. The number of aromatic nitrogens is 1. The number of aliphatic hydroxyl groups is 1. The highest BCUT2D eigenvalue weighted by Crippen LogP contribution is 2.39. The van der Waals surface area contributed by atoms with Crippen molar-refractivity contribution in [1.29, 1.82) is 5.26 Å². The number of amides is 1. The molecule has 1 fully saturated rings.